The lowest BCUT2D eigenvalue weighted by Gasteiger charge is -2.38. The molecule has 1 fully saturated rings. The first-order valence-electron chi connectivity index (χ1n) is 8.92. The van der Waals surface area contributed by atoms with E-state index in [1.54, 1.807) is 21.0 Å². The number of methoxy groups -OCH3 is 1. The van der Waals surface area contributed by atoms with Crippen molar-refractivity contribution in [3.05, 3.63) is 35.4 Å². The number of carbonyl (C=O) groups excluding carboxylic acids is 2. The SMILES string of the molecule is CCOC(=O)C1(OC(=O)C(C)c2ccccc2C)CCCC(OC)C1. The molecule has 1 aliphatic rings. The van der Waals surface area contributed by atoms with Gasteiger partial charge in [0.15, 0.2) is 0 Å². The third-order valence-corrected chi connectivity index (χ3v) is 4.95. The number of benzene rings is 1. The molecule has 25 heavy (non-hydrogen) atoms. The lowest BCUT2D eigenvalue weighted by atomic mass is 9.82. The molecular formula is C20H28O5. The molecule has 0 radical (unpaired) electrons. The van der Waals surface area contributed by atoms with Crippen LogP contribution in [0.15, 0.2) is 24.3 Å². The zero-order valence-corrected chi connectivity index (χ0v) is 15.5. The fourth-order valence-corrected chi connectivity index (χ4v) is 3.45. The molecule has 5 nitrogen and oxygen atoms in total. The Morgan fingerprint density at radius 3 is 2.68 bits per heavy atom. The summed E-state index contributed by atoms with van der Waals surface area (Å²) >= 11 is 0. The van der Waals surface area contributed by atoms with Gasteiger partial charge in [0.1, 0.15) is 0 Å². The summed E-state index contributed by atoms with van der Waals surface area (Å²) in [6, 6.07) is 7.70. The van der Waals surface area contributed by atoms with Crippen LogP contribution in [0.5, 0.6) is 0 Å². The maximum Gasteiger partial charge on any atom is 0.350 e. The molecule has 3 atom stereocenters. The van der Waals surface area contributed by atoms with Crippen LogP contribution in [-0.2, 0) is 23.8 Å². The third kappa shape index (κ3) is 4.40. The van der Waals surface area contributed by atoms with E-state index in [2.05, 4.69) is 0 Å². The van der Waals surface area contributed by atoms with Gasteiger partial charge in [-0.3, -0.25) is 4.79 Å². The van der Waals surface area contributed by atoms with Crippen molar-refractivity contribution in [1.29, 1.82) is 0 Å². The van der Waals surface area contributed by atoms with E-state index in [-0.39, 0.29) is 12.7 Å². The van der Waals surface area contributed by atoms with E-state index in [0.29, 0.717) is 12.8 Å². The standard InChI is InChI=1S/C20H28O5/c1-5-24-19(22)20(12-8-10-16(13-20)23-4)25-18(21)15(3)17-11-7-6-9-14(17)2/h6-7,9,11,15-16H,5,8,10,12-13H2,1-4H3. The Kier molecular flexibility index (Phi) is 6.59. The van der Waals surface area contributed by atoms with Crippen LogP contribution in [0.3, 0.4) is 0 Å². The van der Waals surface area contributed by atoms with E-state index in [1.807, 2.05) is 31.2 Å². The van der Waals surface area contributed by atoms with Gasteiger partial charge in [-0.15, -0.1) is 0 Å². The Morgan fingerprint density at radius 2 is 2.04 bits per heavy atom. The summed E-state index contributed by atoms with van der Waals surface area (Å²) in [5, 5.41) is 0. The van der Waals surface area contributed by atoms with Crippen molar-refractivity contribution in [2.45, 2.75) is 64.1 Å². The third-order valence-electron chi connectivity index (χ3n) is 4.95. The highest BCUT2D eigenvalue weighted by Crippen LogP contribution is 2.36. The van der Waals surface area contributed by atoms with E-state index in [0.717, 1.165) is 24.0 Å². The van der Waals surface area contributed by atoms with Gasteiger partial charge in [-0.05, 0) is 51.2 Å². The van der Waals surface area contributed by atoms with E-state index in [1.165, 1.54) is 0 Å². The lowest BCUT2D eigenvalue weighted by Crippen LogP contribution is -2.50. The minimum absolute atomic E-state index is 0.111. The van der Waals surface area contributed by atoms with Gasteiger partial charge in [0.2, 0.25) is 5.60 Å². The molecule has 0 saturated heterocycles. The molecule has 138 valence electrons. The van der Waals surface area contributed by atoms with Gasteiger partial charge in [0.25, 0.3) is 0 Å². The maximum atomic E-state index is 12.8. The Labute approximate surface area is 149 Å². The van der Waals surface area contributed by atoms with Crippen LogP contribution in [0, 0.1) is 6.92 Å². The van der Waals surface area contributed by atoms with E-state index < -0.39 is 23.5 Å². The Morgan fingerprint density at radius 1 is 1.32 bits per heavy atom. The van der Waals surface area contributed by atoms with Crippen molar-refractivity contribution in [1.82, 2.24) is 0 Å². The number of hydrogen-bond acceptors (Lipinski definition) is 5. The van der Waals surface area contributed by atoms with Crippen molar-refractivity contribution in [3.63, 3.8) is 0 Å². The predicted octanol–water partition coefficient (Wildman–Crippen LogP) is 3.53. The first-order valence-corrected chi connectivity index (χ1v) is 8.92. The van der Waals surface area contributed by atoms with Gasteiger partial charge >= 0.3 is 11.9 Å². The van der Waals surface area contributed by atoms with Crippen LogP contribution >= 0.6 is 0 Å². The van der Waals surface area contributed by atoms with Crippen molar-refractivity contribution < 1.29 is 23.8 Å². The predicted molar refractivity (Wildman–Crippen MR) is 94.3 cm³/mol. The topological polar surface area (TPSA) is 61.8 Å². The second-order valence-corrected chi connectivity index (χ2v) is 6.67. The molecule has 1 saturated carbocycles. The minimum Gasteiger partial charge on any atom is -0.463 e. The number of hydrogen-bond donors (Lipinski definition) is 0. The Hall–Kier alpha value is -1.88. The average Bonchev–Trinajstić information content (AvgIpc) is 2.61. The molecule has 0 bridgehead atoms. The maximum absolute atomic E-state index is 12.8. The highest BCUT2D eigenvalue weighted by atomic mass is 16.6. The molecule has 0 aliphatic heterocycles. The average molecular weight is 348 g/mol. The summed E-state index contributed by atoms with van der Waals surface area (Å²) in [5.41, 5.74) is 0.685. The van der Waals surface area contributed by atoms with E-state index in [4.69, 9.17) is 14.2 Å². The summed E-state index contributed by atoms with van der Waals surface area (Å²) in [6.07, 6.45) is 2.30. The fourth-order valence-electron chi connectivity index (χ4n) is 3.45. The minimum atomic E-state index is -1.25. The van der Waals surface area contributed by atoms with Crippen LogP contribution in [0.4, 0.5) is 0 Å². The zero-order valence-electron chi connectivity index (χ0n) is 15.5. The van der Waals surface area contributed by atoms with E-state index >= 15 is 0 Å². The number of carbonyl (C=O) groups is 2. The van der Waals surface area contributed by atoms with Crippen molar-refractivity contribution >= 4 is 11.9 Å². The molecule has 1 aromatic rings. The normalized spacial score (nSPS) is 24.4. The highest BCUT2D eigenvalue weighted by Gasteiger charge is 2.48. The number of ether oxygens (including phenoxy) is 3. The number of rotatable bonds is 6. The van der Waals surface area contributed by atoms with Crippen LogP contribution < -0.4 is 0 Å². The molecule has 2 rings (SSSR count). The molecule has 0 amide bonds. The summed E-state index contributed by atoms with van der Waals surface area (Å²) < 4.78 is 16.4. The molecular weight excluding hydrogens is 320 g/mol. The van der Waals surface area contributed by atoms with Gasteiger partial charge in [-0.2, -0.15) is 0 Å². The summed E-state index contributed by atoms with van der Waals surface area (Å²) in [5.74, 6) is -1.32. The Balaban J connectivity index is 2.22. The first kappa shape index (κ1) is 19.4. The molecule has 0 spiro atoms. The molecule has 0 heterocycles. The summed E-state index contributed by atoms with van der Waals surface area (Å²) in [6.45, 7) is 5.77. The summed E-state index contributed by atoms with van der Waals surface area (Å²) in [7, 11) is 1.61. The quantitative estimate of drug-likeness (QED) is 0.736. The van der Waals surface area contributed by atoms with Gasteiger partial charge in [-0.1, -0.05) is 24.3 Å². The lowest BCUT2D eigenvalue weighted by molar-refractivity contribution is -0.192. The molecule has 0 N–H and O–H groups in total. The van der Waals surface area contributed by atoms with Crippen molar-refractivity contribution in [3.8, 4) is 0 Å². The van der Waals surface area contributed by atoms with Crippen LogP contribution in [0.25, 0.3) is 0 Å². The van der Waals surface area contributed by atoms with Gasteiger partial charge in [0.05, 0.1) is 18.6 Å². The largest absolute Gasteiger partial charge is 0.463 e. The second kappa shape index (κ2) is 8.48. The Bertz CT molecular complexity index is 612. The smallest absolute Gasteiger partial charge is 0.350 e. The van der Waals surface area contributed by atoms with Crippen molar-refractivity contribution in [2.75, 3.05) is 13.7 Å². The molecule has 1 aromatic carbocycles. The number of esters is 2. The molecule has 0 aromatic heterocycles. The molecule has 5 heteroatoms. The second-order valence-electron chi connectivity index (χ2n) is 6.67. The molecule has 3 unspecified atom stereocenters. The van der Waals surface area contributed by atoms with Crippen molar-refractivity contribution in [2.24, 2.45) is 0 Å². The van der Waals surface area contributed by atoms with Gasteiger partial charge < -0.3 is 14.2 Å². The van der Waals surface area contributed by atoms with Gasteiger partial charge in [-0.25, -0.2) is 4.79 Å². The fraction of sp³-hybridized carbons (Fsp3) is 0.600. The zero-order chi connectivity index (χ0) is 18.4. The van der Waals surface area contributed by atoms with Crippen LogP contribution in [0.2, 0.25) is 0 Å². The molecule has 1 aliphatic carbocycles. The van der Waals surface area contributed by atoms with Crippen LogP contribution in [-0.4, -0.2) is 37.4 Å². The summed E-state index contributed by atoms with van der Waals surface area (Å²) in [4.78, 5) is 25.4. The first-order chi connectivity index (χ1) is 11.9. The van der Waals surface area contributed by atoms with Gasteiger partial charge in [0, 0.05) is 13.5 Å². The van der Waals surface area contributed by atoms with Crippen LogP contribution in [0.1, 0.15) is 56.6 Å². The van der Waals surface area contributed by atoms with E-state index in [9.17, 15) is 9.59 Å². The number of aryl methyl sites for hydroxylation is 1. The monoisotopic (exact) mass is 348 g/mol. The highest BCUT2D eigenvalue weighted by molar-refractivity contribution is 5.86.